The van der Waals surface area contributed by atoms with E-state index in [4.69, 9.17) is 0 Å². The third-order valence-corrected chi connectivity index (χ3v) is 4.82. The molecular formula is C20H28N4S. The number of hydrogen-bond acceptors (Lipinski definition) is 3. The first-order valence-electron chi connectivity index (χ1n) is 8.37. The summed E-state index contributed by atoms with van der Waals surface area (Å²) in [7, 11) is 5.91. The van der Waals surface area contributed by atoms with Crippen molar-refractivity contribution in [3.8, 4) is 0 Å². The molecule has 0 amide bonds. The fraction of sp³-hybridized carbons (Fsp3) is 0.350. The quantitative estimate of drug-likeness (QED) is 0.471. The molecule has 0 bridgehead atoms. The summed E-state index contributed by atoms with van der Waals surface area (Å²) in [6, 6.07) is 15.1. The van der Waals surface area contributed by atoms with Crippen LogP contribution in [0.5, 0.6) is 0 Å². The Labute approximate surface area is 155 Å². The molecule has 134 valence electrons. The van der Waals surface area contributed by atoms with Crippen LogP contribution in [0.4, 0.5) is 5.69 Å². The van der Waals surface area contributed by atoms with E-state index in [1.807, 2.05) is 0 Å². The molecule has 0 heterocycles. The first-order valence-corrected chi connectivity index (χ1v) is 9.60. The molecular weight excluding hydrogens is 328 g/mol. The van der Waals surface area contributed by atoms with E-state index < -0.39 is 0 Å². The standard InChI is InChI=1S/C20H28N4S/c1-15-9-10-17(19(11-15)25-5)14-23-20(21-2)22-13-16-7-6-8-18(12-16)24(3)4/h6-12H,13-14H2,1-5H3,(H2,21,22,23). The lowest BCUT2D eigenvalue weighted by atomic mass is 10.1. The van der Waals surface area contributed by atoms with Gasteiger partial charge in [0.05, 0.1) is 0 Å². The second-order valence-corrected chi connectivity index (χ2v) is 7.01. The van der Waals surface area contributed by atoms with Crippen molar-refractivity contribution in [3.63, 3.8) is 0 Å². The number of thioether (sulfide) groups is 1. The summed E-state index contributed by atoms with van der Waals surface area (Å²) in [4.78, 5) is 7.74. The van der Waals surface area contributed by atoms with E-state index in [9.17, 15) is 0 Å². The van der Waals surface area contributed by atoms with Crippen LogP contribution in [0, 0.1) is 6.92 Å². The Morgan fingerprint density at radius 2 is 1.84 bits per heavy atom. The van der Waals surface area contributed by atoms with Gasteiger partial charge in [0, 0.05) is 44.8 Å². The smallest absolute Gasteiger partial charge is 0.191 e. The second kappa shape index (κ2) is 9.37. The maximum Gasteiger partial charge on any atom is 0.191 e. The Kier molecular flexibility index (Phi) is 7.19. The lowest BCUT2D eigenvalue weighted by molar-refractivity contribution is 0.801. The van der Waals surface area contributed by atoms with Gasteiger partial charge in [-0.15, -0.1) is 11.8 Å². The summed E-state index contributed by atoms with van der Waals surface area (Å²) < 4.78 is 0. The van der Waals surface area contributed by atoms with Crippen LogP contribution >= 0.6 is 11.8 Å². The molecule has 0 fully saturated rings. The van der Waals surface area contributed by atoms with Crippen LogP contribution in [0.25, 0.3) is 0 Å². The molecule has 0 aliphatic carbocycles. The number of benzene rings is 2. The van der Waals surface area contributed by atoms with E-state index in [1.54, 1.807) is 18.8 Å². The van der Waals surface area contributed by atoms with E-state index >= 15 is 0 Å². The predicted octanol–water partition coefficient (Wildman–Crippen LogP) is 3.65. The summed E-state index contributed by atoms with van der Waals surface area (Å²) in [6.07, 6.45) is 2.11. The summed E-state index contributed by atoms with van der Waals surface area (Å²) in [5.74, 6) is 0.808. The maximum absolute atomic E-state index is 4.33. The molecule has 2 rings (SSSR count). The summed E-state index contributed by atoms with van der Waals surface area (Å²) >= 11 is 1.78. The van der Waals surface area contributed by atoms with Crippen LogP contribution in [0.15, 0.2) is 52.4 Å². The van der Waals surface area contributed by atoms with Gasteiger partial charge in [0.25, 0.3) is 0 Å². The van der Waals surface area contributed by atoms with Crippen molar-refractivity contribution in [2.45, 2.75) is 24.9 Å². The Balaban J connectivity index is 1.94. The molecule has 4 nitrogen and oxygen atoms in total. The Morgan fingerprint density at radius 1 is 1.08 bits per heavy atom. The first-order chi connectivity index (χ1) is 12.0. The fourth-order valence-corrected chi connectivity index (χ4v) is 3.23. The van der Waals surface area contributed by atoms with Crippen LogP contribution in [0.2, 0.25) is 0 Å². The highest BCUT2D eigenvalue weighted by atomic mass is 32.2. The molecule has 2 aromatic rings. The lowest BCUT2D eigenvalue weighted by Gasteiger charge is -2.16. The zero-order valence-electron chi connectivity index (χ0n) is 15.8. The van der Waals surface area contributed by atoms with Crippen LogP contribution in [-0.2, 0) is 13.1 Å². The topological polar surface area (TPSA) is 39.7 Å². The molecule has 0 spiro atoms. The highest BCUT2D eigenvalue weighted by Crippen LogP contribution is 2.21. The van der Waals surface area contributed by atoms with Crippen molar-refractivity contribution >= 4 is 23.4 Å². The van der Waals surface area contributed by atoms with Gasteiger partial charge in [-0.2, -0.15) is 0 Å². The van der Waals surface area contributed by atoms with E-state index in [2.05, 4.69) is 90.3 Å². The van der Waals surface area contributed by atoms with Crippen LogP contribution in [0.3, 0.4) is 0 Å². The van der Waals surface area contributed by atoms with Crippen molar-refractivity contribution in [1.29, 1.82) is 0 Å². The van der Waals surface area contributed by atoms with E-state index in [-0.39, 0.29) is 0 Å². The lowest BCUT2D eigenvalue weighted by Crippen LogP contribution is -2.36. The molecule has 0 unspecified atom stereocenters. The molecule has 0 saturated heterocycles. The summed E-state index contributed by atoms with van der Waals surface area (Å²) in [5, 5.41) is 6.79. The van der Waals surface area contributed by atoms with Gasteiger partial charge in [-0.3, -0.25) is 4.99 Å². The third kappa shape index (κ3) is 5.71. The Bertz CT molecular complexity index is 725. The molecule has 0 aromatic heterocycles. The van der Waals surface area contributed by atoms with Gasteiger partial charge in [-0.1, -0.05) is 24.3 Å². The van der Waals surface area contributed by atoms with Crippen LogP contribution in [0.1, 0.15) is 16.7 Å². The molecule has 0 aliphatic rings. The van der Waals surface area contributed by atoms with E-state index in [0.717, 1.165) is 19.0 Å². The summed E-state index contributed by atoms with van der Waals surface area (Å²) in [5.41, 5.74) is 5.01. The zero-order valence-corrected chi connectivity index (χ0v) is 16.6. The van der Waals surface area contributed by atoms with Gasteiger partial charge < -0.3 is 15.5 Å². The molecule has 2 aromatic carbocycles. The van der Waals surface area contributed by atoms with Gasteiger partial charge in [0.2, 0.25) is 0 Å². The molecule has 0 saturated carbocycles. The maximum atomic E-state index is 4.33. The highest BCUT2D eigenvalue weighted by Gasteiger charge is 2.04. The zero-order chi connectivity index (χ0) is 18.2. The third-order valence-electron chi connectivity index (χ3n) is 4.00. The number of aliphatic imine (C=N–C) groups is 1. The average Bonchev–Trinajstić information content (AvgIpc) is 2.62. The predicted molar refractivity (Wildman–Crippen MR) is 111 cm³/mol. The number of aryl methyl sites for hydroxylation is 1. The molecule has 2 N–H and O–H groups in total. The number of nitrogens with one attached hydrogen (secondary N) is 2. The van der Waals surface area contributed by atoms with Crippen molar-refractivity contribution in [2.24, 2.45) is 4.99 Å². The Hall–Kier alpha value is -2.14. The normalized spacial score (nSPS) is 11.3. The van der Waals surface area contributed by atoms with Gasteiger partial charge in [0.15, 0.2) is 5.96 Å². The van der Waals surface area contributed by atoms with Gasteiger partial charge in [-0.25, -0.2) is 0 Å². The minimum atomic E-state index is 0.741. The largest absolute Gasteiger partial charge is 0.378 e. The number of guanidine groups is 1. The fourth-order valence-electron chi connectivity index (χ4n) is 2.53. The van der Waals surface area contributed by atoms with Crippen molar-refractivity contribution in [1.82, 2.24) is 10.6 Å². The van der Waals surface area contributed by atoms with Gasteiger partial charge in [0.1, 0.15) is 0 Å². The van der Waals surface area contributed by atoms with Crippen molar-refractivity contribution < 1.29 is 0 Å². The molecule has 0 aliphatic heterocycles. The van der Waals surface area contributed by atoms with Crippen LogP contribution in [-0.4, -0.2) is 33.4 Å². The van der Waals surface area contributed by atoms with Crippen molar-refractivity contribution in [3.05, 3.63) is 59.2 Å². The molecule has 0 atom stereocenters. The average molecular weight is 357 g/mol. The first kappa shape index (κ1) is 19.2. The number of rotatable bonds is 6. The van der Waals surface area contributed by atoms with Gasteiger partial charge >= 0.3 is 0 Å². The summed E-state index contributed by atoms with van der Waals surface area (Å²) in [6.45, 7) is 3.62. The number of hydrogen-bond donors (Lipinski definition) is 2. The molecule has 25 heavy (non-hydrogen) atoms. The van der Waals surface area contributed by atoms with Gasteiger partial charge in [-0.05, 0) is 48.1 Å². The Morgan fingerprint density at radius 3 is 2.52 bits per heavy atom. The second-order valence-electron chi connectivity index (χ2n) is 6.16. The SMILES string of the molecule is CN=C(NCc1cccc(N(C)C)c1)NCc1ccc(C)cc1SC. The van der Waals surface area contributed by atoms with Crippen molar-refractivity contribution in [2.75, 3.05) is 32.3 Å². The number of anilines is 1. The highest BCUT2D eigenvalue weighted by molar-refractivity contribution is 7.98. The number of nitrogens with zero attached hydrogens (tertiary/aromatic N) is 2. The minimum Gasteiger partial charge on any atom is -0.378 e. The molecule has 0 radical (unpaired) electrons. The molecule has 5 heteroatoms. The van der Waals surface area contributed by atoms with E-state index in [0.29, 0.717) is 0 Å². The minimum absolute atomic E-state index is 0.741. The van der Waals surface area contributed by atoms with Crippen LogP contribution < -0.4 is 15.5 Å². The monoisotopic (exact) mass is 356 g/mol. The van der Waals surface area contributed by atoms with E-state index in [1.165, 1.54) is 27.3 Å².